The maximum atomic E-state index is 10.4. The minimum absolute atomic E-state index is 0.126. The number of aliphatic hydroxyl groups is 1. The smallest absolute Gasteiger partial charge is 0.108 e. The number of hydrogen-bond acceptors (Lipinski definition) is 3. The van der Waals surface area contributed by atoms with Crippen LogP contribution in [0.3, 0.4) is 0 Å². The Morgan fingerprint density at radius 3 is 2.25 bits per heavy atom. The standard InChI is InChI=1S/C15H11Cl2NO2/c1-9(19)15(10-2-5-12(18-20)6-3-10)13-7-4-11(16)8-14(13)17/h2-8,19H,1H3. The Bertz CT molecular complexity index is 675. The summed E-state index contributed by atoms with van der Waals surface area (Å²) in [5.41, 5.74) is 2.32. The Kier molecular flexibility index (Phi) is 4.42. The third kappa shape index (κ3) is 3.00. The Morgan fingerprint density at radius 2 is 1.75 bits per heavy atom. The van der Waals surface area contributed by atoms with Gasteiger partial charge >= 0.3 is 0 Å². The fourth-order valence-electron chi connectivity index (χ4n) is 1.94. The summed E-state index contributed by atoms with van der Waals surface area (Å²) in [5, 5.41) is 13.8. The van der Waals surface area contributed by atoms with Gasteiger partial charge in [-0.05, 0) is 41.9 Å². The molecule has 0 aliphatic carbocycles. The van der Waals surface area contributed by atoms with E-state index in [0.29, 0.717) is 26.9 Å². The molecule has 0 fully saturated rings. The van der Waals surface area contributed by atoms with Crippen LogP contribution in [0, 0.1) is 4.91 Å². The van der Waals surface area contributed by atoms with Crippen LogP contribution in [0.25, 0.3) is 5.57 Å². The molecule has 0 saturated heterocycles. The molecule has 102 valence electrons. The minimum Gasteiger partial charge on any atom is -0.512 e. The molecule has 2 aromatic carbocycles. The van der Waals surface area contributed by atoms with Gasteiger partial charge in [0.15, 0.2) is 0 Å². The number of benzene rings is 2. The van der Waals surface area contributed by atoms with Gasteiger partial charge in [-0.25, -0.2) is 0 Å². The second-order valence-electron chi connectivity index (χ2n) is 4.22. The first kappa shape index (κ1) is 14.6. The van der Waals surface area contributed by atoms with Gasteiger partial charge < -0.3 is 5.11 Å². The second kappa shape index (κ2) is 6.07. The van der Waals surface area contributed by atoms with E-state index in [-0.39, 0.29) is 5.76 Å². The van der Waals surface area contributed by atoms with Crippen molar-refractivity contribution in [3.8, 4) is 0 Å². The molecule has 0 aliphatic rings. The van der Waals surface area contributed by atoms with Crippen molar-refractivity contribution in [2.24, 2.45) is 5.18 Å². The summed E-state index contributed by atoms with van der Waals surface area (Å²) < 4.78 is 0. The van der Waals surface area contributed by atoms with Crippen molar-refractivity contribution in [3.05, 3.63) is 74.3 Å². The lowest BCUT2D eigenvalue weighted by molar-refractivity contribution is 0.417. The van der Waals surface area contributed by atoms with Crippen molar-refractivity contribution >= 4 is 34.5 Å². The van der Waals surface area contributed by atoms with E-state index in [0.717, 1.165) is 5.56 Å². The van der Waals surface area contributed by atoms with Gasteiger partial charge in [0.05, 0.1) is 10.8 Å². The topological polar surface area (TPSA) is 49.7 Å². The predicted octanol–water partition coefficient (Wildman–Crippen LogP) is 5.73. The van der Waals surface area contributed by atoms with Crippen molar-refractivity contribution in [2.45, 2.75) is 6.92 Å². The van der Waals surface area contributed by atoms with Crippen LogP contribution >= 0.6 is 23.2 Å². The van der Waals surface area contributed by atoms with Gasteiger partial charge in [-0.3, -0.25) is 0 Å². The SMILES string of the molecule is CC(O)=C(c1ccc(N=O)cc1)c1ccc(Cl)cc1Cl. The largest absolute Gasteiger partial charge is 0.512 e. The monoisotopic (exact) mass is 307 g/mol. The quantitative estimate of drug-likeness (QED) is 0.581. The van der Waals surface area contributed by atoms with Crippen LogP contribution in [0.5, 0.6) is 0 Å². The summed E-state index contributed by atoms with van der Waals surface area (Å²) in [6.45, 7) is 1.58. The number of nitroso groups, excluding NO2 is 1. The Morgan fingerprint density at radius 1 is 1.10 bits per heavy atom. The molecule has 3 nitrogen and oxygen atoms in total. The molecule has 0 aromatic heterocycles. The maximum Gasteiger partial charge on any atom is 0.108 e. The summed E-state index contributed by atoms with van der Waals surface area (Å²) >= 11 is 12.1. The van der Waals surface area contributed by atoms with Crippen LogP contribution in [-0.2, 0) is 0 Å². The van der Waals surface area contributed by atoms with Gasteiger partial charge in [0.1, 0.15) is 5.69 Å². The zero-order valence-corrected chi connectivity index (χ0v) is 12.1. The van der Waals surface area contributed by atoms with E-state index >= 15 is 0 Å². The fraction of sp³-hybridized carbons (Fsp3) is 0.0667. The zero-order valence-electron chi connectivity index (χ0n) is 10.6. The lowest BCUT2D eigenvalue weighted by Gasteiger charge is -2.12. The lowest BCUT2D eigenvalue weighted by Crippen LogP contribution is -1.93. The number of aliphatic hydroxyl groups excluding tert-OH is 1. The van der Waals surface area contributed by atoms with Crippen molar-refractivity contribution < 1.29 is 5.11 Å². The van der Waals surface area contributed by atoms with Crippen molar-refractivity contribution in [1.29, 1.82) is 0 Å². The van der Waals surface area contributed by atoms with E-state index < -0.39 is 0 Å². The van der Waals surface area contributed by atoms with E-state index in [1.54, 1.807) is 49.4 Å². The Hall–Kier alpha value is -1.84. The van der Waals surface area contributed by atoms with Gasteiger partial charge in [-0.1, -0.05) is 41.4 Å². The number of nitrogens with zero attached hydrogens (tertiary/aromatic N) is 1. The summed E-state index contributed by atoms with van der Waals surface area (Å²) in [5.74, 6) is 0.126. The summed E-state index contributed by atoms with van der Waals surface area (Å²) in [6.07, 6.45) is 0. The van der Waals surface area contributed by atoms with E-state index in [1.807, 2.05) is 0 Å². The average molecular weight is 308 g/mol. The normalized spacial score (nSPS) is 11.9. The van der Waals surface area contributed by atoms with Crippen LogP contribution in [0.1, 0.15) is 18.1 Å². The summed E-state index contributed by atoms with van der Waals surface area (Å²) in [7, 11) is 0. The van der Waals surface area contributed by atoms with Gasteiger partial charge in [0, 0.05) is 16.2 Å². The highest BCUT2D eigenvalue weighted by Crippen LogP contribution is 2.33. The summed E-state index contributed by atoms with van der Waals surface area (Å²) in [4.78, 5) is 10.4. The van der Waals surface area contributed by atoms with Gasteiger partial charge in [0.2, 0.25) is 0 Å². The summed E-state index contributed by atoms with van der Waals surface area (Å²) in [6, 6.07) is 11.6. The molecule has 0 unspecified atom stereocenters. The zero-order chi connectivity index (χ0) is 14.7. The number of allylic oxidation sites excluding steroid dienone is 1. The molecule has 20 heavy (non-hydrogen) atoms. The molecule has 5 heteroatoms. The van der Waals surface area contributed by atoms with Crippen molar-refractivity contribution in [1.82, 2.24) is 0 Å². The molecular formula is C15H11Cl2NO2. The van der Waals surface area contributed by atoms with Crippen molar-refractivity contribution in [2.75, 3.05) is 0 Å². The lowest BCUT2D eigenvalue weighted by atomic mass is 9.96. The van der Waals surface area contributed by atoms with Crippen LogP contribution in [0.15, 0.2) is 53.4 Å². The Balaban J connectivity index is 2.57. The van der Waals surface area contributed by atoms with Gasteiger partial charge in [-0.2, -0.15) is 0 Å². The molecule has 0 bridgehead atoms. The molecule has 2 aromatic rings. The molecule has 0 amide bonds. The first-order chi connectivity index (χ1) is 9.52. The highest BCUT2D eigenvalue weighted by Gasteiger charge is 2.13. The first-order valence-corrected chi connectivity index (χ1v) is 6.57. The van der Waals surface area contributed by atoms with E-state index in [4.69, 9.17) is 23.2 Å². The predicted molar refractivity (Wildman–Crippen MR) is 82.7 cm³/mol. The number of hydrogen-bond donors (Lipinski definition) is 1. The van der Waals surface area contributed by atoms with E-state index in [2.05, 4.69) is 5.18 Å². The fourth-order valence-corrected chi connectivity index (χ4v) is 2.44. The first-order valence-electron chi connectivity index (χ1n) is 5.82. The highest BCUT2D eigenvalue weighted by molar-refractivity contribution is 6.35. The molecule has 0 heterocycles. The molecule has 0 spiro atoms. The molecular weight excluding hydrogens is 297 g/mol. The van der Waals surface area contributed by atoms with E-state index in [1.165, 1.54) is 0 Å². The average Bonchev–Trinajstić information content (AvgIpc) is 2.42. The van der Waals surface area contributed by atoms with Crippen LogP contribution < -0.4 is 0 Å². The molecule has 0 aliphatic heterocycles. The molecule has 0 radical (unpaired) electrons. The van der Waals surface area contributed by atoms with Crippen molar-refractivity contribution in [3.63, 3.8) is 0 Å². The minimum atomic E-state index is 0.126. The third-order valence-corrected chi connectivity index (χ3v) is 3.37. The van der Waals surface area contributed by atoms with Crippen LogP contribution in [0.4, 0.5) is 5.69 Å². The molecule has 1 N–H and O–H groups in total. The second-order valence-corrected chi connectivity index (χ2v) is 5.07. The maximum absolute atomic E-state index is 10.4. The molecule has 0 atom stereocenters. The highest BCUT2D eigenvalue weighted by atomic mass is 35.5. The third-order valence-electron chi connectivity index (χ3n) is 2.82. The molecule has 0 saturated carbocycles. The van der Waals surface area contributed by atoms with Gasteiger partial charge in [0.25, 0.3) is 0 Å². The number of halogens is 2. The van der Waals surface area contributed by atoms with Crippen LogP contribution in [0.2, 0.25) is 10.0 Å². The molecule has 2 rings (SSSR count). The number of rotatable bonds is 3. The Labute approximate surface area is 126 Å². The van der Waals surface area contributed by atoms with Gasteiger partial charge in [-0.15, -0.1) is 4.91 Å². The van der Waals surface area contributed by atoms with Crippen LogP contribution in [-0.4, -0.2) is 5.11 Å². The van der Waals surface area contributed by atoms with E-state index in [9.17, 15) is 10.0 Å².